The van der Waals surface area contributed by atoms with Crippen LogP contribution in [0, 0.1) is 10.8 Å². The van der Waals surface area contributed by atoms with Crippen LogP contribution in [0.1, 0.15) is 47.0 Å². The smallest absolute Gasteiger partial charge is 0.243 e. The van der Waals surface area contributed by atoms with Gasteiger partial charge in [-0.05, 0) is 61.3 Å². The Morgan fingerprint density at radius 3 is 2.43 bits per heavy atom. The van der Waals surface area contributed by atoms with E-state index in [1.165, 1.54) is 0 Å². The normalized spacial score (nSPS) is 30.3. The van der Waals surface area contributed by atoms with E-state index in [0.717, 1.165) is 19.3 Å². The highest BCUT2D eigenvalue weighted by molar-refractivity contribution is 7.89. The van der Waals surface area contributed by atoms with Crippen molar-refractivity contribution in [3.05, 3.63) is 24.3 Å². The SMILES string of the molecule is CCOc1ccc(S(=O)(=O)N2C[C@@]3(C)C[C@H]2CC(C)(C)C3)cc1. The third-order valence-corrected chi connectivity index (χ3v) is 7.02. The van der Waals surface area contributed by atoms with Crippen molar-refractivity contribution in [3.63, 3.8) is 0 Å². The third kappa shape index (κ3) is 3.13. The van der Waals surface area contributed by atoms with Crippen molar-refractivity contribution in [3.8, 4) is 5.75 Å². The molecular formula is C18H27NO3S. The van der Waals surface area contributed by atoms with E-state index >= 15 is 0 Å². The fraction of sp³-hybridized carbons (Fsp3) is 0.667. The monoisotopic (exact) mass is 337 g/mol. The fourth-order valence-electron chi connectivity index (χ4n) is 4.70. The first-order valence-electron chi connectivity index (χ1n) is 8.40. The highest BCUT2D eigenvalue weighted by Gasteiger charge is 2.53. The molecule has 1 saturated heterocycles. The lowest BCUT2D eigenvalue weighted by molar-refractivity contribution is 0.133. The Balaban J connectivity index is 1.88. The molecule has 1 heterocycles. The quantitative estimate of drug-likeness (QED) is 0.842. The second kappa shape index (κ2) is 5.49. The molecule has 0 unspecified atom stereocenters. The van der Waals surface area contributed by atoms with E-state index in [1.54, 1.807) is 28.6 Å². The summed E-state index contributed by atoms with van der Waals surface area (Å²) in [6, 6.07) is 6.93. The summed E-state index contributed by atoms with van der Waals surface area (Å²) in [5, 5.41) is 0. The van der Waals surface area contributed by atoms with Crippen molar-refractivity contribution in [2.24, 2.45) is 10.8 Å². The molecule has 2 atom stereocenters. The zero-order valence-electron chi connectivity index (χ0n) is 14.5. The number of rotatable bonds is 4. The van der Waals surface area contributed by atoms with E-state index in [-0.39, 0.29) is 16.9 Å². The number of nitrogens with zero attached hydrogens (tertiary/aromatic N) is 1. The molecule has 4 nitrogen and oxygen atoms in total. The van der Waals surface area contributed by atoms with Crippen LogP contribution in [0.5, 0.6) is 5.75 Å². The zero-order valence-corrected chi connectivity index (χ0v) is 15.3. The van der Waals surface area contributed by atoms with Gasteiger partial charge in [0.25, 0.3) is 0 Å². The average molecular weight is 337 g/mol. The van der Waals surface area contributed by atoms with Gasteiger partial charge in [0.15, 0.2) is 0 Å². The highest BCUT2D eigenvalue weighted by atomic mass is 32.2. The molecule has 5 heteroatoms. The summed E-state index contributed by atoms with van der Waals surface area (Å²) in [4.78, 5) is 0.370. The van der Waals surface area contributed by atoms with Gasteiger partial charge in [-0.3, -0.25) is 0 Å². The van der Waals surface area contributed by atoms with E-state index < -0.39 is 10.0 Å². The maximum absolute atomic E-state index is 13.1. The first-order chi connectivity index (χ1) is 10.7. The second-order valence-electron chi connectivity index (χ2n) is 8.17. The molecule has 23 heavy (non-hydrogen) atoms. The van der Waals surface area contributed by atoms with Crippen molar-refractivity contribution < 1.29 is 13.2 Å². The van der Waals surface area contributed by atoms with E-state index in [9.17, 15) is 8.42 Å². The summed E-state index contributed by atoms with van der Waals surface area (Å²) in [7, 11) is -3.44. The molecule has 0 radical (unpaired) electrons. The molecule has 1 aromatic rings. The molecule has 1 aromatic carbocycles. The molecule has 0 N–H and O–H groups in total. The minimum absolute atomic E-state index is 0.102. The first kappa shape index (κ1) is 16.8. The van der Waals surface area contributed by atoms with Crippen LogP contribution in [-0.4, -0.2) is 31.9 Å². The molecule has 2 bridgehead atoms. The Bertz CT molecular complexity index is 681. The van der Waals surface area contributed by atoms with Crippen LogP contribution >= 0.6 is 0 Å². The van der Waals surface area contributed by atoms with Crippen LogP contribution in [0.25, 0.3) is 0 Å². The van der Waals surface area contributed by atoms with Gasteiger partial charge in [-0.2, -0.15) is 4.31 Å². The molecule has 3 rings (SSSR count). The molecular weight excluding hydrogens is 310 g/mol. The van der Waals surface area contributed by atoms with E-state index in [0.29, 0.717) is 23.8 Å². The van der Waals surface area contributed by atoms with Crippen LogP contribution in [-0.2, 0) is 10.0 Å². The van der Waals surface area contributed by atoms with Gasteiger partial charge in [-0.15, -0.1) is 0 Å². The number of sulfonamides is 1. The fourth-order valence-corrected chi connectivity index (χ4v) is 6.47. The third-order valence-electron chi connectivity index (χ3n) is 5.11. The number of hydrogen-bond donors (Lipinski definition) is 0. The Morgan fingerprint density at radius 1 is 1.17 bits per heavy atom. The number of benzene rings is 1. The molecule has 2 aliphatic rings. The highest BCUT2D eigenvalue weighted by Crippen LogP contribution is 2.53. The van der Waals surface area contributed by atoms with E-state index in [1.807, 2.05) is 6.92 Å². The summed E-state index contributed by atoms with van der Waals surface area (Å²) in [5.74, 6) is 0.708. The molecule has 1 aliphatic carbocycles. The molecule has 1 aliphatic heterocycles. The lowest BCUT2D eigenvalue weighted by Crippen LogP contribution is -2.37. The van der Waals surface area contributed by atoms with Crippen molar-refractivity contribution in [2.75, 3.05) is 13.2 Å². The number of fused-ring (bicyclic) bond motifs is 2. The summed E-state index contributed by atoms with van der Waals surface area (Å²) in [6.07, 6.45) is 3.01. The Labute approximate surface area is 139 Å². The van der Waals surface area contributed by atoms with Crippen LogP contribution < -0.4 is 4.74 Å². The standard InChI is InChI=1S/C18H27NO3S/c1-5-22-15-6-8-16(9-7-15)23(20,21)19-13-18(4)11-14(19)10-17(2,3)12-18/h6-9,14H,5,10-13H2,1-4H3/t14-,18+/m1/s1. The summed E-state index contributed by atoms with van der Waals surface area (Å²) in [6.45, 7) is 9.87. The van der Waals surface area contributed by atoms with Gasteiger partial charge in [0.1, 0.15) is 5.75 Å². The van der Waals surface area contributed by atoms with Gasteiger partial charge in [0.05, 0.1) is 11.5 Å². The predicted octanol–water partition coefficient (Wildman–Crippen LogP) is 3.67. The molecule has 128 valence electrons. The summed E-state index contributed by atoms with van der Waals surface area (Å²) >= 11 is 0. The largest absolute Gasteiger partial charge is 0.494 e. The molecule has 0 aromatic heterocycles. The minimum atomic E-state index is -3.44. The minimum Gasteiger partial charge on any atom is -0.494 e. The first-order valence-corrected chi connectivity index (χ1v) is 9.84. The second-order valence-corrected chi connectivity index (χ2v) is 10.1. The van der Waals surface area contributed by atoms with Gasteiger partial charge in [-0.25, -0.2) is 8.42 Å². The van der Waals surface area contributed by atoms with Gasteiger partial charge in [0, 0.05) is 12.6 Å². The maximum atomic E-state index is 13.1. The summed E-state index contributed by atoms with van der Waals surface area (Å²) < 4.78 is 33.3. The Hall–Kier alpha value is -1.07. The van der Waals surface area contributed by atoms with Crippen LogP contribution in [0.4, 0.5) is 0 Å². The van der Waals surface area contributed by atoms with Crippen molar-refractivity contribution >= 4 is 10.0 Å². The van der Waals surface area contributed by atoms with Gasteiger partial charge < -0.3 is 4.74 Å². The maximum Gasteiger partial charge on any atom is 0.243 e. The van der Waals surface area contributed by atoms with E-state index in [4.69, 9.17) is 4.74 Å². The van der Waals surface area contributed by atoms with Crippen molar-refractivity contribution in [2.45, 2.75) is 57.9 Å². The van der Waals surface area contributed by atoms with Crippen molar-refractivity contribution in [1.82, 2.24) is 4.31 Å². The topological polar surface area (TPSA) is 46.6 Å². The predicted molar refractivity (Wildman–Crippen MR) is 91.0 cm³/mol. The molecule has 2 fully saturated rings. The molecule has 0 spiro atoms. The van der Waals surface area contributed by atoms with Gasteiger partial charge in [-0.1, -0.05) is 20.8 Å². The number of ether oxygens (including phenoxy) is 1. The average Bonchev–Trinajstić information content (AvgIpc) is 2.69. The molecule has 1 saturated carbocycles. The number of hydrogen-bond acceptors (Lipinski definition) is 3. The zero-order chi connectivity index (χ0) is 16.9. The van der Waals surface area contributed by atoms with Crippen LogP contribution in [0.3, 0.4) is 0 Å². The Morgan fingerprint density at radius 2 is 1.83 bits per heavy atom. The van der Waals surface area contributed by atoms with Gasteiger partial charge in [0.2, 0.25) is 10.0 Å². The lowest BCUT2D eigenvalue weighted by Gasteiger charge is -2.39. The van der Waals surface area contributed by atoms with Crippen LogP contribution in [0.15, 0.2) is 29.2 Å². The van der Waals surface area contributed by atoms with Crippen LogP contribution in [0.2, 0.25) is 0 Å². The lowest BCUT2D eigenvalue weighted by atomic mass is 9.65. The Kier molecular flexibility index (Phi) is 4.00. The van der Waals surface area contributed by atoms with Crippen molar-refractivity contribution in [1.29, 1.82) is 0 Å². The van der Waals surface area contributed by atoms with E-state index in [2.05, 4.69) is 20.8 Å². The molecule has 0 amide bonds. The van der Waals surface area contributed by atoms with Gasteiger partial charge >= 0.3 is 0 Å². The summed E-state index contributed by atoms with van der Waals surface area (Å²) in [5.41, 5.74) is 0.311.